The molecule has 0 radical (unpaired) electrons. The number of aliphatic carboxylic acids is 1. The standard InChI is InChI=1S/C9H12N2O3/c1-6(9(13)14)11(2)8(12)7-4-3-5-10-7/h3-6,10H,1-2H3,(H,13,14). The molecule has 0 fully saturated rings. The fourth-order valence-electron chi connectivity index (χ4n) is 0.995. The van der Waals surface area contributed by atoms with Crippen molar-refractivity contribution in [3.8, 4) is 0 Å². The molecule has 2 N–H and O–H groups in total. The first-order valence-electron chi connectivity index (χ1n) is 4.17. The summed E-state index contributed by atoms with van der Waals surface area (Å²) in [5.74, 6) is -1.35. The number of carboxylic acids is 1. The van der Waals surface area contributed by atoms with E-state index in [1.807, 2.05) is 0 Å². The summed E-state index contributed by atoms with van der Waals surface area (Å²) >= 11 is 0. The molecule has 1 heterocycles. The molecule has 1 aromatic heterocycles. The molecular weight excluding hydrogens is 184 g/mol. The van der Waals surface area contributed by atoms with Gasteiger partial charge in [-0.15, -0.1) is 0 Å². The molecule has 5 heteroatoms. The number of likely N-dealkylation sites (N-methyl/N-ethyl adjacent to an activating group) is 1. The molecule has 0 aliphatic rings. The molecule has 0 aromatic carbocycles. The van der Waals surface area contributed by atoms with E-state index >= 15 is 0 Å². The maximum Gasteiger partial charge on any atom is 0.326 e. The Balaban J connectivity index is 2.76. The highest BCUT2D eigenvalue weighted by molar-refractivity contribution is 5.94. The van der Waals surface area contributed by atoms with Gasteiger partial charge in [-0.2, -0.15) is 0 Å². The van der Waals surface area contributed by atoms with E-state index in [9.17, 15) is 9.59 Å². The molecule has 76 valence electrons. The maximum absolute atomic E-state index is 11.6. The summed E-state index contributed by atoms with van der Waals surface area (Å²) in [5.41, 5.74) is 0.389. The minimum absolute atomic E-state index is 0.329. The topological polar surface area (TPSA) is 73.4 Å². The van der Waals surface area contributed by atoms with Crippen molar-refractivity contribution in [2.75, 3.05) is 7.05 Å². The summed E-state index contributed by atoms with van der Waals surface area (Å²) in [6.07, 6.45) is 1.62. The molecule has 1 unspecified atom stereocenters. The van der Waals surface area contributed by atoms with Crippen molar-refractivity contribution in [3.05, 3.63) is 24.0 Å². The van der Waals surface area contributed by atoms with Crippen LogP contribution in [-0.4, -0.2) is 40.0 Å². The zero-order valence-electron chi connectivity index (χ0n) is 8.02. The van der Waals surface area contributed by atoms with Crippen LogP contribution < -0.4 is 0 Å². The molecule has 0 saturated carbocycles. The number of rotatable bonds is 3. The Bertz CT molecular complexity index is 332. The second-order valence-electron chi connectivity index (χ2n) is 3.01. The Labute approximate surface area is 81.3 Å². The number of nitrogens with zero attached hydrogens (tertiary/aromatic N) is 1. The van der Waals surface area contributed by atoms with E-state index in [1.165, 1.54) is 18.9 Å². The van der Waals surface area contributed by atoms with Gasteiger partial charge in [-0.1, -0.05) is 0 Å². The second-order valence-corrected chi connectivity index (χ2v) is 3.01. The van der Waals surface area contributed by atoms with Gasteiger partial charge in [-0.3, -0.25) is 4.79 Å². The lowest BCUT2D eigenvalue weighted by atomic mass is 10.2. The van der Waals surface area contributed by atoms with Gasteiger partial charge in [0.2, 0.25) is 0 Å². The highest BCUT2D eigenvalue weighted by Crippen LogP contribution is 2.04. The second kappa shape index (κ2) is 3.95. The number of carboxylic acid groups (broad SMARTS) is 1. The highest BCUT2D eigenvalue weighted by atomic mass is 16.4. The van der Waals surface area contributed by atoms with E-state index in [4.69, 9.17) is 5.11 Å². The fourth-order valence-corrected chi connectivity index (χ4v) is 0.995. The first kappa shape index (κ1) is 10.3. The van der Waals surface area contributed by atoms with Crippen molar-refractivity contribution in [2.24, 2.45) is 0 Å². The van der Waals surface area contributed by atoms with Gasteiger partial charge in [0.1, 0.15) is 11.7 Å². The summed E-state index contributed by atoms with van der Waals surface area (Å²) in [5, 5.41) is 8.69. The quantitative estimate of drug-likeness (QED) is 0.741. The molecule has 14 heavy (non-hydrogen) atoms. The lowest BCUT2D eigenvalue weighted by Gasteiger charge is -2.20. The van der Waals surface area contributed by atoms with E-state index in [1.54, 1.807) is 18.3 Å². The molecule has 0 spiro atoms. The van der Waals surface area contributed by atoms with Crippen LogP contribution in [0.1, 0.15) is 17.4 Å². The molecule has 0 bridgehead atoms. The smallest absolute Gasteiger partial charge is 0.326 e. The third-order valence-corrected chi connectivity index (χ3v) is 2.09. The number of H-pyrrole nitrogens is 1. The number of aromatic amines is 1. The number of nitrogens with one attached hydrogen (secondary N) is 1. The van der Waals surface area contributed by atoms with Gasteiger partial charge >= 0.3 is 5.97 Å². The van der Waals surface area contributed by atoms with Crippen molar-refractivity contribution in [1.29, 1.82) is 0 Å². The largest absolute Gasteiger partial charge is 0.480 e. The summed E-state index contributed by atoms with van der Waals surface area (Å²) in [6, 6.07) is 2.46. The van der Waals surface area contributed by atoms with Crippen molar-refractivity contribution < 1.29 is 14.7 Å². The first-order chi connectivity index (χ1) is 6.54. The summed E-state index contributed by atoms with van der Waals surface area (Å²) < 4.78 is 0. The van der Waals surface area contributed by atoms with Gasteiger partial charge < -0.3 is 15.0 Å². The average molecular weight is 196 g/mol. The maximum atomic E-state index is 11.6. The van der Waals surface area contributed by atoms with Gasteiger partial charge in [0.05, 0.1) is 0 Å². The van der Waals surface area contributed by atoms with Crippen LogP contribution in [0.2, 0.25) is 0 Å². The molecule has 0 aliphatic carbocycles. The monoisotopic (exact) mass is 196 g/mol. The third kappa shape index (κ3) is 1.93. The number of hydrogen-bond acceptors (Lipinski definition) is 2. The number of carbonyl (C=O) groups is 2. The predicted molar refractivity (Wildman–Crippen MR) is 50.0 cm³/mol. The van der Waals surface area contributed by atoms with E-state index < -0.39 is 12.0 Å². The SMILES string of the molecule is CC(C(=O)O)N(C)C(=O)c1ccc[nH]1. The van der Waals surface area contributed by atoms with Gasteiger partial charge in [-0.05, 0) is 19.1 Å². The van der Waals surface area contributed by atoms with Crippen molar-refractivity contribution >= 4 is 11.9 Å². The lowest BCUT2D eigenvalue weighted by Crippen LogP contribution is -2.40. The summed E-state index contributed by atoms with van der Waals surface area (Å²) in [4.78, 5) is 26.1. The Hall–Kier alpha value is -1.78. The number of carbonyl (C=O) groups excluding carboxylic acids is 1. The molecule has 1 atom stereocenters. The van der Waals surface area contributed by atoms with Crippen molar-refractivity contribution in [1.82, 2.24) is 9.88 Å². The zero-order chi connectivity index (χ0) is 10.7. The lowest BCUT2D eigenvalue weighted by molar-refractivity contribution is -0.141. The average Bonchev–Trinajstić information content (AvgIpc) is 2.67. The summed E-state index contributed by atoms with van der Waals surface area (Å²) in [6.45, 7) is 1.46. The van der Waals surface area contributed by atoms with Crippen LogP contribution in [0.4, 0.5) is 0 Å². The molecule has 1 amide bonds. The number of hydrogen-bond donors (Lipinski definition) is 2. The van der Waals surface area contributed by atoms with Crippen molar-refractivity contribution in [3.63, 3.8) is 0 Å². The predicted octanol–water partition coefficient (Wildman–Crippen LogP) is 0.560. The minimum Gasteiger partial charge on any atom is -0.480 e. The Morgan fingerprint density at radius 2 is 2.21 bits per heavy atom. The molecule has 0 aliphatic heterocycles. The third-order valence-electron chi connectivity index (χ3n) is 2.09. The van der Waals surface area contributed by atoms with Crippen LogP contribution in [0.5, 0.6) is 0 Å². The van der Waals surface area contributed by atoms with Gasteiger partial charge in [-0.25, -0.2) is 4.79 Å². The molecule has 5 nitrogen and oxygen atoms in total. The van der Waals surface area contributed by atoms with Crippen LogP contribution in [0.25, 0.3) is 0 Å². The number of amides is 1. The minimum atomic E-state index is -1.02. The number of aromatic nitrogens is 1. The fraction of sp³-hybridized carbons (Fsp3) is 0.333. The van der Waals surface area contributed by atoms with E-state index in [2.05, 4.69) is 4.98 Å². The zero-order valence-corrected chi connectivity index (χ0v) is 8.02. The van der Waals surface area contributed by atoms with E-state index in [-0.39, 0.29) is 5.91 Å². The normalized spacial score (nSPS) is 12.1. The van der Waals surface area contributed by atoms with Crippen LogP contribution >= 0.6 is 0 Å². The molecule has 0 saturated heterocycles. The van der Waals surface area contributed by atoms with E-state index in [0.717, 1.165) is 0 Å². The van der Waals surface area contributed by atoms with Crippen LogP contribution in [-0.2, 0) is 4.79 Å². The van der Waals surface area contributed by atoms with Crippen LogP contribution in [0.15, 0.2) is 18.3 Å². The first-order valence-corrected chi connectivity index (χ1v) is 4.17. The van der Waals surface area contributed by atoms with Crippen LogP contribution in [0, 0.1) is 0 Å². The van der Waals surface area contributed by atoms with Gasteiger partial charge in [0, 0.05) is 13.2 Å². The van der Waals surface area contributed by atoms with Crippen LogP contribution in [0.3, 0.4) is 0 Å². The summed E-state index contributed by atoms with van der Waals surface area (Å²) in [7, 11) is 1.46. The Kier molecular flexibility index (Phi) is 2.91. The van der Waals surface area contributed by atoms with Gasteiger partial charge in [0.25, 0.3) is 5.91 Å². The Morgan fingerprint density at radius 1 is 1.57 bits per heavy atom. The molecule has 1 rings (SSSR count). The van der Waals surface area contributed by atoms with Gasteiger partial charge in [0.15, 0.2) is 0 Å². The van der Waals surface area contributed by atoms with Crippen molar-refractivity contribution in [2.45, 2.75) is 13.0 Å². The molecular formula is C9H12N2O3. The van der Waals surface area contributed by atoms with E-state index in [0.29, 0.717) is 5.69 Å². The molecule has 1 aromatic rings. The highest BCUT2D eigenvalue weighted by Gasteiger charge is 2.22. The Morgan fingerprint density at radius 3 is 2.64 bits per heavy atom.